The number of nitrogens with one attached hydrogen (secondary N) is 1. The van der Waals surface area contributed by atoms with Crippen LogP contribution in [0.1, 0.15) is 86.8 Å². The lowest BCUT2D eigenvalue weighted by Crippen LogP contribution is -2.51. The molecule has 63 heavy (non-hydrogen) atoms. The molecule has 1 saturated heterocycles. The van der Waals surface area contributed by atoms with Crippen molar-refractivity contribution in [1.82, 2.24) is 24.9 Å². The van der Waals surface area contributed by atoms with Crippen LogP contribution in [-0.4, -0.2) is 142 Å². The van der Waals surface area contributed by atoms with Crippen LogP contribution < -0.4 is 10.1 Å². The predicted octanol–water partition coefficient (Wildman–Crippen LogP) is 6.41. The Kier molecular flexibility index (Phi) is 14.6. The fourth-order valence-electron chi connectivity index (χ4n) is 7.27. The summed E-state index contributed by atoms with van der Waals surface area (Å²) in [4.78, 5) is 73.5. The molecule has 3 aliphatic rings. The number of rotatable bonds is 6. The number of phenolic OH excluding ortho intramolecular Hbond substituents is 2. The van der Waals surface area contributed by atoms with Crippen LogP contribution in [0.15, 0.2) is 59.7 Å². The van der Waals surface area contributed by atoms with Gasteiger partial charge in [0.25, 0.3) is 0 Å². The van der Waals surface area contributed by atoms with Crippen LogP contribution in [0.2, 0.25) is 0 Å². The average Bonchev–Trinajstić information content (AvgIpc) is 3.38. The molecule has 2 aromatic rings. The van der Waals surface area contributed by atoms with Crippen molar-refractivity contribution < 1.29 is 57.9 Å². The smallest absolute Gasteiger partial charge is 0.410 e. The van der Waals surface area contributed by atoms with Crippen LogP contribution in [-0.2, 0) is 34.1 Å². The summed E-state index contributed by atoms with van der Waals surface area (Å²) < 4.78 is 29.2. The Balaban J connectivity index is 1.29. The first-order valence-corrected chi connectivity index (χ1v) is 21.2. The monoisotopic (exact) mass is 877 g/mol. The molecule has 3 aliphatic heterocycles. The summed E-state index contributed by atoms with van der Waals surface area (Å²) in [5, 5.41) is 23.3. The van der Waals surface area contributed by atoms with Crippen LogP contribution in [0.25, 0.3) is 0 Å². The van der Waals surface area contributed by atoms with Crippen molar-refractivity contribution in [1.29, 1.82) is 0 Å². The largest absolute Gasteiger partial charge is 0.508 e. The van der Waals surface area contributed by atoms with E-state index >= 15 is 0 Å². The van der Waals surface area contributed by atoms with Gasteiger partial charge in [0.05, 0.1) is 5.57 Å². The number of hydrogen-bond donors (Lipinski definition) is 3. The van der Waals surface area contributed by atoms with E-state index in [1.54, 1.807) is 103 Å². The van der Waals surface area contributed by atoms with Gasteiger partial charge in [-0.2, -0.15) is 0 Å². The van der Waals surface area contributed by atoms with Gasteiger partial charge in [0.15, 0.2) is 5.60 Å². The van der Waals surface area contributed by atoms with E-state index in [2.05, 4.69) is 5.32 Å². The highest BCUT2D eigenvalue weighted by Crippen LogP contribution is 2.57. The van der Waals surface area contributed by atoms with Crippen molar-refractivity contribution in [3.63, 3.8) is 0 Å². The number of carbonyl (C=O) groups is 5. The molecule has 3 N–H and O–H groups in total. The van der Waals surface area contributed by atoms with Gasteiger partial charge in [-0.15, -0.1) is 0 Å². The van der Waals surface area contributed by atoms with Crippen molar-refractivity contribution >= 4 is 30.2 Å². The number of esters is 1. The van der Waals surface area contributed by atoms with Crippen LogP contribution in [0.4, 0.5) is 14.4 Å². The van der Waals surface area contributed by atoms with Crippen LogP contribution in [0, 0.1) is 0 Å². The second-order valence-electron chi connectivity index (χ2n) is 18.8. The third-order valence-electron chi connectivity index (χ3n) is 10.3. The zero-order valence-corrected chi connectivity index (χ0v) is 38.2. The number of fused-ring (bicyclic) bond motifs is 4. The van der Waals surface area contributed by atoms with Crippen LogP contribution >= 0.6 is 0 Å². The maximum Gasteiger partial charge on any atom is 0.410 e. The summed E-state index contributed by atoms with van der Waals surface area (Å²) in [5.74, 6) is -0.486. The van der Waals surface area contributed by atoms with E-state index < -0.39 is 46.7 Å². The summed E-state index contributed by atoms with van der Waals surface area (Å²) in [6.45, 7) is 20.1. The molecule has 2 aromatic carbocycles. The molecular formula is C46H63N5O12. The molecule has 344 valence electrons. The van der Waals surface area contributed by atoms with E-state index in [9.17, 15) is 34.2 Å². The Morgan fingerprint density at radius 3 is 1.52 bits per heavy atom. The quantitative estimate of drug-likeness (QED) is 0.213. The van der Waals surface area contributed by atoms with Gasteiger partial charge in [0, 0.05) is 95.1 Å². The molecule has 1 spiro atoms. The van der Waals surface area contributed by atoms with E-state index in [1.807, 2.05) is 4.90 Å². The summed E-state index contributed by atoms with van der Waals surface area (Å²) in [7, 11) is 0. The fraction of sp³-hybridized carbons (Fsp3) is 0.543. The number of hydrogen-bond acceptors (Lipinski definition) is 13. The molecule has 0 aromatic heterocycles. The lowest BCUT2D eigenvalue weighted by atomic mass is 9.77. The van der Waals surface area contributed by atoms with Gasteiger partial charge in [-0.25, -0.2) is 19.2 Å². The van der Waals surface area contributed by atoms with Crippen LogP contribution in [0.5, 0.6) is 23.0 Å². The summed E-state index contributed by atoms with van der Waals surface area (Å²) in [6, 6.07) is 9.03. The summed E-state index contributed by atoms with van der Waals surface area (Å²) >= 11 is 0. The van der Waals surface area contributed by atoms with Crippen LogP contribution in [0.3, 0.4) is 0 Å². The minimum Gasteiger partial charge on any atom is -0.508 e. The van der Waals surface area contributed by atoms with Crippen molar-refractivity contribution in [3.05, 3.63) is 70.8 Å². The van der Waals surface area contributed by atoms with Gasteiger partial charge in [-0.1, -0.05) is 12.2 Å². The molecule has 0 saturated carbocycles. The van der Waals surface area contributed by atoms with Gasteiger partial charge in [-0.05, 0) is 99.1 Å². The van der Waals surface area contributed by atoms with E-state index in [0.717, 1.165) is 0 Å². The minimum atomic E-state index is -1.39. The molecule has 5 rings (SSSR count). The van der Waals surface area contributed by atoms with Gasteiger partial charge < -0.3 is 53.9 Å². The molecule has 0 atom stereocenters. The number of benzene rings is 2. The van der Waals surface area contributed by atoms with E-state index in [-0.39, 0.29) is 86.7 Å². The Morgan fingerprint density at radius 1 is 0.698 bits per heavy atom. The Morgan fingerprint density at radius 2 is 1.11 bits per heavy atom. The second kappa shape index (κ2) is 19.2. The number of phenols is 2. The van der Waals surface area contributed by atoms with Gasteiger partial charge in [-0.3, -0.25) is 9.69 Å². The molecule has 17 nitrogen and oxygen atoms in total. The standard InChI is InChI=1S/C46H63N5O12/c1-30-33(39(55)60-46(30)34-16-14-31(52)28-36(34)59-37-29-32(53)15-17-35(37)46)12-11-13-38(54)47-18-19-48-20-22-49(40(56)61-43(2,3)4)24-26-51(42(58)63-45(8,9)10)27-25-50(23-21-48)41(57)62-44(5,6)7/h11-12,14-17,28-29,52-53H,13,18-27H2,1-10H3,(H,47,54). The Hall–Kier alpha value is -5.97. The van der Waals surface area contributed by atoms with Gasteiger partial charge >= 0.3 is 24.2 Å². The van der Waals surface area contributed by atoms with Crippen molar-refractivity contribution in [3.8, 4) is 23.0 Å². The fourth-order valence-corrected chi connectivity index (χ4v) is 7.27. The lowest BCUT2D eigenvalue weighted by molar-refractivity contribution is -0.145. The third-order valence-corrected chi connectivity index (χ3v) is 10.3. The highest BCUT2D eigenvalue weighted by molar-refractivity contribution is 5.97. The highest BCUT2D eigenvalue weighted by atomic mass is 16.6. The topological polar surface area (TPSA) is 197 Å². The number of amides is 4. The molecule has 4 amide bonds. The van der Waals surface area contributed by atoms with Gasteiger partial charge in [0.1, 0.15) is 39.8 Å². The van der Waals surface area contributed by atoms with E-state index in [4.69, 9.17) is 23.7 Å². The molecule has 3 heterocycles. The molecule has 0 aliphatic carbocycles. The second-order valence-corrected chi connectivity index (χ2v) is 18.8. The van der Waals surface area contributed by atoms with Crippen molar-refractivity contribution in [2.45, 2.75) is 98.1 Å². The first kappa shape index (κ1) is 48.1. The molecule has 0 bridgehead atoms. The maximum atomic E-state index is 13.5. The molecular weight excluding hydrogens is 815 g/mol. The first-order chi connectivity index (χ1) is 29.3. The number of nitrogens with zero attached hydrogens (tertiary/aromatic N) is 4. The summed E-state index contributed by atoms with van der Waals surface area (Å²) in [5.41, 5.74) is -1.88. The SMILES string of the molecule is CC1=C(C=CCC(=O)NCCN2CCN(C(=O)OC(C)(C)C)CCN(C(=O)OC(C)(C)C)CCN(C(=O)OC(C)(C)C)CC2)C(=O)OC12c1ccc(O)cc1Oc1cc(O)ccc12. The first-order valence-electron chi connectivity index (χ1n) is 21.2. The van der Waals surface area contributed by atoms with Crippen molar-refractivity contribution in [2.75, 3.05) is 65.4 Å². The Labute approximate surface area is 369 Å². The summed E-state index contributed by atoms with van der Waals surface area (Å²) in [6.07, 6.45) is 1.44. The minimum absolute atomic E-state index is 0.0496. The normalized spacial score (nSPS) is 17.6. The third kappa shape index (κ3) is 12.6. The zero-order valence-electron chi connectivity index (χ0n) is 38.2. The lowest BCUT2D eigenvalue weighted by Gasteiger charge is -2.37. The number of aromatic hydroxyl groups is 2. The predicted molar refractivity (Wildman–Crippen MR) is 232 cm³/mol. The van der Waals surface area contributed by atoms with E-state index in [1.165, 1.54) is 29.2 Å². The van der Waals surface area contributed by atoms with Crippen molar-refractivity contribution in [2.24, 2.45) is 0 Å². The molecule has 0 radical (unpaired) electrons. The molecule has 1 fully saturated rings. The molecule has 17 heteroatoms. The maximum absolute atomic E-state index is 13.5. The Bertz CT molecular complexity index is 2020. The number of carbonyl (C=O) groups excluding carboxylic acids is 5. The molecule has 0 unspecified atom stereocenters. The zero-order chi connectivity index (χ0) is 46.5. The van der Waals surface area contributed by atoms with E-state index in [0.29, 0.717) is 36.3 Å². The average molecular weight is 878 g/mol. The van der Waals surface area contributed by atoms with Gasteiger partial charge in [0.2, 0.25) is 5.91 Å². The number of ether oxygens (including phenoxy) is 5. The highest BCUT2D eigenvalue weighted by Gasteiger charge is 2.53.